The van der Waals surface area contributed by atoms with Crippen molar-refractivity contribution < 1.29 is 19.1 Å². The molecule has 2 heterocycles. The van der Waals surface area contributed by atoms with Gasteiger partial charge in [0.05, 0.1) is 11.6 Å². The third kappa shape index (κ3) is 6.28. The van der Waals surface area contributed by atoms with Gasteiger partial charge < -0.3 is 21.1 Å². The summed E-state index contributed by atoms with van der Waals surface area (Å²) in [7, 11) is 0. The number of carbonyl (C=O) groups is 2. The zero-order valence-electron chi connectivity index (χ0n) is 21.9. The number of allylic oxidation sites excluding steroid dienone is 4. The SMILES string of the molecule is C=C(/C=C\C=C(\Cl)CF)[C@H]1[C@H](C(=O)NCC(C)(C)O)N[C@H](CC(C)(C)C)[C@]12C(=O)Nc1cc(Cl)ccc12. The maximum Gasteiger partial charge on any atom is 0.237 e. The van der Waals surface area contributed by atoms with E-state index in [2.05, 4.69) is 43.3 Å². The molecular formula is C28H36Cl2FN3O3. The van der Waals surface area contributed by atoms with Crippen LogP contribution >= 0.6 is 23.2 Å². The van der Waals surface area contributed by atoms with Gasteiger partial charge in [0.15, 0.2) is 0 Å². The first kappa shape index (κ1) is 29.4. The quantitative estimate of drug-likeness (QED) is 0.341. The fraction of sp³-hybridized carbons (Fsp3) is 0.500. The van der Waals surface area contributed by atoms with Crippen LogP contribution in [0.5, 0.6) is 0 Å². The standard InChI is InChI=1S/C28H36Cl2FN3O3/c1-16(8-7-9-18(30)14-31)22-23(24(35)32-15-27(5,6)37)34-21(13-26(2,3)4)28(22)19-11-10-17(29)12-20(19)33-25(28)36/h7-12,21-23,34,37H,1,13-15H2,2-6H3,(H,32,35)(H,33,36)/b8-7-,18-9+/t21-,22+,23-,28+/m1/s1. The second-order valence-electron chi connectivity index (χ2n) is 11.7. The summed E-state index contributed by atoms with van der Waals surface area (Å²) in [5.74, 6) is -1.30. The number of aliphatic hydroxyl groups is 1. The molecule has 0 radical (unpaired) electrons. The number of nitrogens with one attached hydrogen (secondary N) is 3. The van der Waals surface area contributed by atoms with Crippen LogP contribution in [0.3, 0.4) is 0 Å². The number of hydrogen-bond acceptors (Lipinski definition) is 4. The summed E-state index contributed by atoms with van der Waals surface area (Å²) in [6, 6.07) is 4.01. The number of alkyl halides is 1. The van der Waals surface area contributed by atoms with E-state index in [9.17, 15) is 19.1 Å². The van der Waals surface area contributed by atoms with Gasteiger partial charge >= 0.3 is 0 Å². The van der Waals surface area contributed by atoms with E-state index >= 15 is 0 Å². The normalized spacial score (nSPS) is 26.0. The van der Waals surface area contributed by atoms with Crippen LogP contribution in [0.25, 0.3) is 0 Å². The van der Waals surface area contributed by atoms with Crippen molar-refractivity contribution in [2.45, 2.75) is 64.1 Å². The second kappa shape index (κ2) is 10.9. The predicted octanol–water partition coefficient (Wildman–Crippen LogP) is 5.01. The zero-order valence-corrected chi connectivity index (χ0v) is 23.4. The minimum absolute atomic E-state index is 0.0204. The first-order valence-corrected chi connectivity index (χ1v) is 13.0. The molecule has 3 rings (SSSR count). The van der Waals surface area contributed by atoms with Gasteiger partial charge in [-0.15, -0.1) is 0 Å². The molecule has 2 amide bonds. The molecule has 37 heavy (non-hydrogen) atoms. The van der Waals surface area contributed by atoms with Crippen LogP contribution in [-0.4, -0.2) is 47.8 Å². The zero-order chi connectivity index (χ0) is 27.8. The summed E-state index contributed by atoms with van der Waals surface area (Å²) in [5.41, 5.74) is -0.636. The fourth-order valence-electron chi connectivity index (χ4n) is 5.31. The van der Waals surface area contributed by atoms with Gasteiger partial charge in [-0.25, -0.2) is 4.39 Å². The van der Waals surface area contributed by atoms with Crippen molar-refractivity contribution >= 4 is 40.7 Å². The van der Waals surface area contributed by atoms with E-state index in [1.807, 2.05) is 6.07 Å². The van der Waals surface area contributed by atoms with Gasteiger partial charge in [0.1, 0.15) is 12.1 Å². The molecule has 1 aromatic carbocycles. The Morgan fingerprint density at radius 2 is 1.97 bits per heavy atom. The molecule has 1 saturated heterocycles. The summed E-state index contributed by atoms with van der Waals surface area (Å²) in [4.78, 5) is 27.6. The molecule has 202 valence electrons. The lowest BCUT2D eigenvalue weighted by Gasteiger charge is -2.37. The van der Waals surface area contributed by atoms with E-state index in [4.69, 9.17) is 23.2 Å². The Morgan fingerprint density at radius 1 is 1.30 bits per heavy atom. The molecule has 0 aliphatic carbocycles. The van der Waals surface area contributed by atoms with Gasteiger partial charge in [-0.3, -0.25) is 9.59 Å². The number of hydrogen-bond donors (Lipinski definition) is 4. The van der Waals surface area contributed by atoms with Crippen molar-refractivity contribution in [3.05, 3.63) is 64.2 Å². The van der Waals surface area contributed by atoms with Crippen LogP contribution in [0.15, 0.2) is 53.6 Å². The summed E-state index contributed by atoms with van der Waals surface area (Å²) in [6.45, 7) is 12.9. The topological polar surface area (TPSA) is 90.5 Å². The molecular weight excluding hydrogens is 516 g/mol. The molecule has 0 bridgehead atoms. The predicted molar refractivity (Wildman–Crippen MR) is 148 cm³/mol. The van der Waals surface area contributed by atoms with E-state index in [-0.39, 0.29) is 28.8 Å². The van der Waals surface area contributed by atoms with Crippen molar-refractivity contribution in [3.8, 4) is 0 Å². The molecule has 4 N–H and O–H groups in total. The molecule has 0 aromatic heterocycles. The highest BCUT2D eigenvalue weighted by atomic mass is 35.5. The molecule has 0 unspecified atom stereocenters. The minimum atomic E-state index is -1.17. The highest BCUT2D eigenvalue weighted by Gasteiger charge is 2.65. The van der Waals surface area contributed by atoms with Gasteiger partial charge in [-0.05, 0) is 55.0 Å². The van der Waals surface area contributed by atoms with Gasteiger partial charge in [0.2, 0.25) is 11.8 Å². The lowest BCUT2D eigenvalue weighted by molar-refractivity contribution is -0.125. The van der Waals surface area contributed by atoms with Crippen LogP contribution in [0.2, 0.25) is 5.02 Å². The molecule has 9 heteroatoms. The Morgan fingerprint density at radius 3 is 2.57 bits per heavy atom. The lowest BCUT2D eigenvalue weighted by Crippen LogP contribution is -2.51. The van der Waals surface area contributed by atoms with Crippen LogP contribution in [0, 0.1) is 11.3 Å². The molecule has 1 aromatic rings. The van der Waals surface area contributed by atoms with E-state index in [1.165, 1.54) is 6.08 Å². The number of rotatable bonds is 8. The number of benzene rings is 1. The first-order chi connectivity index (χ1) is 17.1. The molecule has 2 aliphatic heterocycles. The first-order valence-electron chi connectivity index (χ1n) is 12.3. The Hall–Kier alpha value is -2.19. The van der Waals surface area contributed by atoms with E-state index in [1.54, 1.807) is 38.1 Å². The summed E-state index contributed by atoms with van der Waals surface area (Å²) in [6.07, 6.45) is 5.22. The minimum Gasteiger partial charge on any atom is -0.389 e. The molecule has 4 atom stereocenters. The fourth-order valence-corrected chi connectivity index (χ4v) is 5.56. The van der Waals surface area contributed by atoms with Crippen molar-refractivity contribution in [1.29, 1.82) is 0 Å². The summed E-state index contributed by atoms with van der Waals surface area (Å²) in [5, 5.41) is 20.0. The van der Waals surface area contributed by atoms with Crippen molar-refractivity contribution in [3.63, 3.8) is 0 Å². The van der Waals surface area contributed by atoms with Crippen LogP contribution in [0.1, 0.15) is 46.6 Å². The molecule has 1 spiro atoms. The molecule has 6 nitrogen and oxygen atoms in total. The van der Waals surface area contributed by atoms with Gasteiger partial charge in [-0.2, -0.15) is 0 Å². The lowest BCUT2D eigenvalue weighted by atomic mass is 9.62. The van der Waals surface area contributed by atoms with Crippen molar-refractivity contribution in [1.82, 2.24) is 10.6 Å². The third-order valence-electron chi connectivity index (χ3n) is 6.71. The van der Waals surface area contributed by atoms with Gasteiger partial charge in [0.25, 0.3) is 0 Å². The summed E-state index contributed by atoms with van der Waals surface area (Å²) >= 11 is 12.1. The van der Waals surface area contributed by atoms with E-state index in [0.29, 0.717) is 22.7 Å². The van der Waals surface area contributed by atoms with Gasteiger partial charge in [-0.1, -0.05) is 68.8 Å². The van der Waals surface area contributed by atoms with E-state index in [0.717, 1.165) is 5.56 Å². The van der Waals surface area contributed by atoms with Crippen LogP contribution in [0.4, 0.5) is 10.1 Å². The third-order valence-corrected chi connectivity index (χ3v) is 7.18. The number of amides is 2. The van der Waals surface area contributed by atoms with Crippen LogP contribution in [-0.2, 0) is 15.0 Å². The molecule has 0 saturated carbocycles. The largest absolute Gasteiger partial charge is 0.389 e. The Labute approximate surface area is 228 Å². The molecule has 2 aliphatic rings. The smallest absolute Gasteiger partial charge is 0.237 e. The van der Waals surface area contributed by atoms with Gasteiger partial charge in [0, 0.05) is 34.2 Å². The summed E-state index contributed by atoms with van der Waals surface area (Å²) < 4.78 is 12.9. The number of fused-ring (bicyclic) bond motifs is 2. The number of anilines is 1. The maximum absolute atomic E-state index is 14.0. The van der Waals surface area contributed by atoms with Crippen molar-refractivity contribution in [2.75, 3.05) is 18.5 Å². The Bertz CT molecular complexity index is 1140. The van der Waals surface area contributed by atoms with Crippen molar-refractivity contribution in [2.24, 2.45) is 11.3 Å². The number of halogens is 3. The Balaban J connectivity index is 2.19. The van der Waals surface area contributed by atoms with Crippen LogP contribution < -0.4 is 16.0 Å². The molecule has 1 fully saturated rings. The monoisotopic (exact) mass is 551 g/mol. The second-order valence-corrected chi connectivity index (χ2v) is 12.6. The highest BCUT2D eigenvalue weighted by Crippen LogP contribution is 2.55. The Kier molecular flexibility index (Phi) is 8.64. The maximum atomic E-state index is 14.0. The average molecular weight is 553 g/mol. The van der Waals surface area contributed by atoms with E-state index < -0.39 is 35.7 Å². The number of carbonyl (C=O) groups excluding carboxylic acids is 2. The highest BCUT2D eigenvalue weighted by molar-refractivity contribution is 6.31. The average Bonchev–Trinajstić information content (AvgIpc) is 3.25.